The van der Waals surface area contributed by atoms with E-state index in [4.69, 9.17) is 0 Å². The first-order valence-corrected chi connectivity index (χ1v) is 10.3. The molecule has 0 unspecified atom stereocenters. The smallest absolute Gasteiger partial charge is 0.242 e. The van der Waals surface area contributed by atoms with Crippen LogP contribution in [0.25, 0.3) is 0 Å². The number of nitrogens with zero attached hydrogens (tertiary/aromatic N) is 2. The topological polar surface area (TPSA) is 40.6 Å². The van der Waals surface area contributed by atoms with E-state index in [0.29, 0.717) is 19.5 Å². The molecule has 1 aliphatic rings. The summed E-state index contributed by atoms with van der Waals surface area (Å²) in [5.41, 5.74) is 2.57. The summed E-state index contributed by atoms with van der Waals surface area (Å²) in [4.78, 5) is 29.1. The highest BCUT2D eigenvalue weighted by Gasteiger charge is 2.23. The second kappa shape index (κ2) is 11.0. The minimum atomic E-state index is 0.0832. The Morgan fingerprint density at radius 2 is 1.73 bits per heavy atom. The molecule has 26 heavy (non-hydrogen) atoms. The zero-order valence-corrected chi connectivity index (χ0v) is 16.5. The molecule has 2 rings (SSSR count). The third-order valence-corrected chi connectivity index (χ3v) is 5.19. The van der Waals surface area contributed by atoms with E-state index < -0.39 is 0 Å². The number of unbranched alkanes of at least 4 members (excludes halogenated alkanes) is 4. The van der Waals surface area contributed by atoms with Gasteiger partial charge in [-0.2, -0.15) is 0 Å². The Kier molecular flexibility index (Phi) is 8.66. The fourth-order valence-electron chi connectivity index (χ4n) is 3.48. The zero-order valence-electron chi connectivity index (χ0n) is 16.5. The molecule has 1 heterocycles. The molecule has 4 heteroatoms. The summed E-state index contributed by atoms with van der Waals surface area (Å²) in [6.07, 6.45) is 7.84. The normalized spacial score (nSPS) is 13.4. The van der Waals surface area contributed by atoms with E-state index in [1.165, 1.54) is 24.0 Å². The second-order valence-electron chi connectivity index (χ2n) is 7.31. The maximum Gasteiger partial charge on any atom is 0.242 e. The van der Waals surface area contributed by atoms with Gasteiger partial charge in [0.2, 0.25) is 11.8 Å². The lowest BCUT2D eigenvalue weighted by atomic mass is 10.00. The van der Waals surface area contributed by atoms with E-state index in [0.717, 1.165) is 38.6 Å². The molecule has 0 atom stereocenters. The largest absolute Gasteiger partial charge is 0.336 e. The lowest BCUT2D eigenvalue weighted by Gasteiger charge is -2.31. The quantitative estimate of drug-likeness (QED) is 0.589. The highest BCUT2D eigenvalue weighted by Crippen LogP contribution is 2.19. The Bertz CT molecular complexity index is 585. The number of fused-ring (bicyclic) bond motifs is 1. The minimum Gasteiger partial charge on any atom is -0.336 e. The first-order valence-electron chi connectivity index (χ1n) is 10.3. The third kappa shape index (κ3) is 6.15. The lowest BCUT2D eigenvalue weighted by molar-refractivity contribution is -0.141. The van der Waals surface area contributed by atoms with Gasteiger partial charge in [-0.25, -0.2) is 0 Å². The van der Waals surface area contributed by atoms with E-state index in [1.807, 2.05) is 11.0 Å². The Morgan fingerprint density at radius 1 is 1.00 bits per heavy atom. The Labute approximate surface area is 158 Å². The van der Waals surface area contributed by atoms with E-state index in [2.05, 4.69) is 32.0 Å². The van der Waals surface area contributed by atoms with Crippen molar-refractivity contribution in [3.8, 4) is 0 Å². The van der Waals surface area contributed by atoms with Crippen molar-refractivity contribution >= 4 is 11.8 Å². The Balaban J connectivity index is 1.92. The van der Waals surface area contributed by atoms with Gasteiger partial charge in [0, 0.05) is 26.1 Å². The monoisotopic (exact) mass is 358 g/mol. The van der Waals surface area contributed by atoms with Gasteiger partial charge in [-0.05, 0) is 30.4 Å². The molecule has 4 nitrogen and oxygen atoms in total. The molecule has 0 fully saturated rings. The van der Waals surface area contributed by atoms with Crippen molar-refractivity contribution in [2.24, 2.45) is 0 Å². The van der Waals surface area contributed by atoms with Crippen LogP contribution < -0.4 is 0 Å². The van der Waals surface area contributed by atoms with Crippen LogP contribution in [-0.2, 0) is 22.6 Å². The summed E-state index contributed by atoms with van der Waals surface area (Å²) >= 11 is 0. The SMILES string of the molecule is CCCCCCN(CC(=O)N1CCc2ccccc2C1)C(=O)CCCC. The van der Waals surface area contributed by atoms with Gasteiger partial charge in [0.05, 0.1) is 6.54 Å². The molecule has 0 saturated heterocycles. The van der Waals surface area contributed by atoms with Crippen molar-refractivity contribution in [3.63, 3.8) is 0 Å². The Morgan fingerprint density at radius 3 is 2.46 bits per heavy atom. The fourth-order valence-corrected chi connectivity index (χ4v) is 3.48. The van der Waals surface area contributed by atoms with Crippen molar-refractivity contribution < 1.29 is 9.59 Å². The molecule has 1 aromatic carbocycles. The minimum absolute atomic E-state index is 0.0832. The molecular weight excluding hydrogens is 324 g/mol. The van der Waals surface area contributed by atoms with E-state index >= 15 is 0 Å². The van der Waals surface area contributed by atoms with Gasteiger partial charge in [-0.15, -0.1) is 0 Å². The number of hydrogen-bond acceptors (Lipinski definition) is 2. The predicted molar refractivity (Wildman–Crippen MR) is 106 cm³/mol. The number of amides is 2. The van der Waals surface area contributed by atoms with Gasteiger partial charge >= 0.3 is 0 Å². The average Bonchev–Trinajstić information content (AvgIpc) is 2.67. The third-order valence-electron chi connectivity index (χ3n) is 5.19. The summed E-state index contributed by atoms with van der Waals surface area (Å²) < 4.78 is 0. The summed E-state index contributed by atoms with van der Waals surface area (Å²) in [5, 5.41) is 0. The van der Waals surface area contributed by atoms with E-state index in [1.54, 1.807) is 4.90 Å². The van der Waals surface area contributed by atoms with Crippen LogP contribution in [0.5, 0.6) is 0 Å². The van der Waals surface area contributed by atoms with Crippen LogP contribution >= 0.6 is 0 Å². The molecule has 1 aromatic rings. The fraction of sp³-hybridized carbons (Fsp3) is 0.636. The molecular formula is C22H34N2O2. The molecule has 0 bridgehead atoms. The van der Waals surface area contributed by atoms with Crippen molar-refractivity contribution in [2.75, 3.05) is 19.6 Å². The van der Waals surface area contributed by atoms with Gasteiger partial charge in [0.25, 0.3) is 0 Å². The first kappa shape index (κ1) is 20.5. The molecule has 144 valence electrons. The molecule has 0 aromatic heterocycles. The van der Waals surface area contributed by atoms with Gasteiger partial charge in [-0.1, -0.05) is 63.8 Å². The van der Waals surface area contributed by atoms with Crippen LogP contribution in [0.4, 0.5) is 0 Å². The van der Waals surface area contributed by atoms with Crippen LogP contribution in [0.15, 0.2) is 24.3 Å². The first-order chi connectivity index (χ1) is 12.7. The predicted octanol–water partition coefficient (Wildman–Crippen LogP) is 4.17. The molecule has 0 N–H and O–H groups in total. The van der Waals surface area contributed by atoms with Crippen molar-refractivity contribution in [3.05, 3.63) is 35.4 Å². The molecule has 0 saturated carbocycles. The van der Waals surface area contributed by atoms with E-state index in [9.17, 15) is 9.59 Å². The summed E-state index contributed by atoms with van der Waals surface area (Å²) in [6.45, 7) is 6.64. The number of carbonyl (C=O) groups is 2. The number of hydrogen-bond donors (Lipinski definition) is 0. The highest BCUT2D eigenvalue weighted by molar-refractivity contribution is 5.85. The Hall–Kier alpha value is -1.84. The zero-order chi connectivity index (χ0) is 18.8. The molecule has 2 amide bonds. The standard InChI is InChI=1S/C22H34N2O2/c1-3-5-7-10-15-23(21(25)13-6-4-2)18-22(26)24-16-14-19-11-8-9-12-20(19)17-24/h8-9,11-12H,3-7,10,13-18H2,1-2H3. The highest BCUT2D eigenvalue weighted by atomic mass is 16.2. The average molecular weight is 359 g/mol. The van der Waals surface area contributed by atoms with Crippen LogP contribution in [0.3, 0.4) is 0 Å². The summed E-state index contributed by atoms with van der Waals surface area (Å²) in [5.74, 6) is 0.217. The lowest BCUT2D eigenvalue weighted by Crippen LogP contribution is -2.45. The molecule has 0 radical (unpaired) electrons. The number of benzene rings is 1. The summed E-state index contributed by atoms with van der Waals surface area (Å²) in [6, 6.07) is 8.33. The number of carbonyl (C=O) groups excluding carboxylic acids is 2. The van der Waals surface area contributed by atoms with Crippen LogP contribution in [0, 0.1) is 0 Å². The van der Waals surface area contributed by atoms with Crippen LogP contribution in [0.1, 0.15) is 69.9 Å². The maximum atomic E-state index is 12.8. The van der Waals surface area contributed by atoms with Gasteiger partial charge in [0.15, 0.2) is 0 Å². The second-order valence-corrected chi connectivity index (χ2v) is 7.31. The van der Waals surface area contributed by atoms with E-state index in [-0.39, 0.29) is 18.4 Å². The van der Waals surface area contributed by atoms with Crippen molar-refractivity contribution in [1.82, 2.24) is 9.80 Å². The molecule has 0 aliphatic carbocycles. The van der Waals surface area contributed by atoms with Gasteiger partial charge < -0.3 is 9.80 Å². The molecule has 0 spiro atoms. The van der Waals surface area contributed by atoms with Gasteiger partial charge in [0.1, 0.15) is 0 Å². The van der Waals surface area contributed by atoms with Crippen LogP contribution in [0.2, 0.25) is 0 Å². The number of rotatable bonds is 10. The maximum absolute atomic E-state index is 12.8. The summed E-state index contributed by atoms with van der Waals surface area (Å²) in [7, 11) is 0. The molecule has 1 aliphatic heterocycles. The van der Waals surface area contributed by atoms with Gasteiger partial charge in [-0.3, -0.25) is 9.59 Å². The van der Waals surface area contributed by atoms with Crippen molar-refractivity contribution in [2.45, 2.75) is 71.8 Å². The van der Waals surface area contributed by atoms with Crippen molar-refractivity contribution in [1.29, 1.82) is 0 Å². The van der Waals surface area contributed by atoms with Crippen LogP contribution in [-0.4, -0.2) is 41.2 Å².